The highest BCUT2D eigenvalue weighted by Crippen LogP contribution is 2.35. The molecule has 1 N–H and O–H groups in total. The van der Waals surface area contributed by atoms with Crippen LogP contribution in [0.4, 0.5) is 17.1 Å². The minimum absolute atomic E-state index is 0.0792. The number of para-hydroxylation sites is 1. The molecule has 0 aromatic heterocycles. The molecular weight excluding hydrogens is 396 g/mol. The Balaban J connectivity index is 1.77. The second-order valence-electron chi connectivity index (χ2n) is 6.62. The first kappa shape index (κ1) is 20.6. The third-order valence-corrected chi connectivity index (χ3v) is 5.13. The molecule has 29 heavy (non-hydrogen) atoms. The van der Waals surface area contributed by atoms with Crippen LogP contribution >= 0.6 is 11.6 Å². The fraction of sp³-hybridized carbons (Fsp3) is 0.300. The van der Waals surface area contributed by atoms with E-state index in [-0.39, 0.29) is 17.5 Å². The molecule has 0 radical (unpaired) electrons. The maximum atomic E-state index is 12.6. The molecule has 2 aromatic rings. The van der Waals surface area contributed by atoms with Crippen LogP contribution in [-0.4, -0.2) is 47.8 Å². The lowest BCUT2D eigenvalue weighted by Crippen LogP contribution is -2.48. The summed E-state index contributed by atoms with van der Waals surface area (Å²) in [4.78, 5) is 38.7. The molecule has 9 heteroatoms. The topological polar surface area (TPSA) is 95.8 Å². The minimum atomic E-state index is -0.514. The smallest absolute Gasteiger partial charge is 0.269 e. The normalized spacial score (nSPS) is 13.9. The third kappa shape index (κ3) is 4.65. The highest BCUT2D eigenvalue weighted by molar-refractivity contribution is 6.34. The van der Waals surface area contributed by atoms with Gasteiger partial charge in [-0.05, 0) is 24.3 Å². The lowest BCUT2D eigenvalue weighted by molar-refractivity contribution is -0.384. The molecule has 0 aliphatic carbocycles. The number of piperazine rings is 1. The van der Waals surface area contributed by atoms with Crippen molar-refractivity contribution in [1.82, 2.24) is 4.90 Å². The first-order chi connectivity index (χ1) is 13.9. The van der Waals surface area contributed by atoms with E-state index in [0.717, 1.165) is 0 Å². The van der Waals surface area contributed by atoms with Gasteiger partial charge in [0.2, 0.25) is 5.91 Å². The summed E-state index contributed by atoms with van der Waals surface area (Å²) >= 11 is 6.43. The van der Waals surface area contributed by atoms with Gasteiger partial charge in [-0.1, -0.05) is 24.6 Å². The molecule has 1 aliphatic heterocycles. The van der Waals surface area contributed by atoms with Crippen LogP contribution in [0.2, 0.25) is 5.02 Å². The number of benzene rings is 2. The Hall–Kier alpha value is -3.13. The summed E-state index contributed by atoms with van der Waals surface area (Å²) in [5.41, 5.74) is 1.48. The summed E-state index contributed by atoms with van der Waals surface area (Å²) in [5.74, 6) is -0.265. The van der Waals surface area contributed by atoms with Gasteiger partial charge in [0.05, 0.1) is 21.3 Å². The number of nitro benzene ring substituents is 1. The molecule has 0 spiro atoms. The number of halogens is 1. The van der Waals surface area contributed by atoms with Crippen molar-refractivity contribution in [3.05, 3.63) is 63.2 Å². The van der Waals surface area contributed by atoms with Crippen molar-refractivity contribution in [2.75, 3.05) is 36.4 Å². The number of carbonyl (C=O) groups excluding carboxylic acids is 2. The SMILES string of the molecule is CCC(=O)N1CCN(c2c(Cl)cccc2NC(=O)c2ccc([N+](=O)[O-])cc2)CC1. The van der Waals surface area contributed by atoms with E-state index in [1.165, 1.54) is 24.3 Å². The number of hydrogen-bond donors (Lipinski definition) is 1. The third-order valence-electron chi connectivity index (χ3n) is 4.83. The molecule has 1 aliphatic rings. The quantitative estimate of drug-likeness (QED) is 0.593. The molecule has 2 amide bonds. The maximum absolute atomic E-state index is 12.6. The van der Waals surface area contributed by atoms with Crippen molar-refractivity contribution in [2.24, 2.45) is 0 Å². The summed E-state index contributed by atoms with van der Waals surface area (Å²) in [5, 5.41) is 14.1. The van der Waals surface area contributed by atoms with Crippen molar-refractivity contribution in [3.8, 4) is 0 Å². The number of amides is 2. The lowest BCUT2D eigenvalue weighted by Gasteiger charge is -2.37. The van der Waals surface area contributed by atoms with Gasteiger partial charge < -0.3 is 15.1 Å². The standard InChI is InChI=1S/C20H21ClN4O4/c1-2-18(26)23-10-12-24(13-11-23)19-16(21)4-3-5-17(19)22-20(27)14-6-8-15(9-7-14)25(28)29/h3-9H,2,10-13H2,1H3,(H,22,27). The zero-order valence-electron chi connectivity index (χ0n) is 15.9. The molecular formula is C20H21ClN4O4. The second-order valence-corrected chi connectivity index (χ2v) is 7.02. The molecule has 3 rings (SSSR count). The Kier molecular flexibility index (Phi) is 6.33. The Morgan fingerprint density at radius 2 is 1.76 bits per heavy atom. The predicted molar refractivity (Wildman–Crippen MR) is 112 cm³/mol. The maximum Gasteiger partial charge on any atom is 0.269 e. The average molecular weight is 417 g/mol. The van der Waals surface area contributed by atoms with Gasteiger partial charge in [-0.25, -0.2) is 0 Å². The van der Waals surface area contributed by atoms with Gasteiger partial charge in [-0.15, -0.1) is 0 Å². The van der Waals surface area contributed by atoms with E-state index in [4.69, 9.17) is 11.6 Å². The molecule has 2 aromatic carbocycles. The summed E-state index contributed by atoms with van der Waals surface area (Å²) in [6.45, 7) is 4.24. The van der Waals surface area contributed by atoms with Gasteiger partial charge in [0, 0.05) is 50.3 Å². The molecule has 0 unspecified atom stereocenters. The summed E-state index contributed by atoms with van der Waals surface area (Å²) in [7, 11) is 0. The number of non-ortho nitro benzene ring substituents is 1. The van der Waals surface area contributed by atoms with Gasteiger partial charge >= 0.3 is 0 Å². The van der Waals surface area contributed by atoms with Crippen LogP contribution in [-0.2, 0) is 4.79 Å². The van der Waals surface area contributed by atoms with Crippen molar-refractivity contribution in [3.63, 3.8) is 0 Å². The monoisotopic (exact) mass is 416 g/mol. The number of rotatable bonds is 5. The number of anilines is 2. The van der Waals surface area contributed by atoms with E-state index < -0.39 is 4.92 Å². The van der Waals surface area contributed by atoms with Crippen molar-refractivity contribution < 1.29 is 14.5 Å². The number of nitrogens with one attached hydrogen (secondary N) is 1. The molecule has 152 valence electrons. The lowest BCUT2D eigenvalue weighted by atomic mass is 10.1. The molecule has 1 saturated heterocycles. The van der Waals surface area contributed by atoms with Gasteiger partial charge in [0.25, 0.3) is 11.6 Å². The van der Waals surface area contributed by atoms with Crippen LogP contribution in [0.1, 0.15) is 23.7 Å². The van der Waals surface area contributed by atoms with Crippen molar-refractivity contribution in [1.29, 1.82) is 0 Å². The Morgan fingerprint density at radius 3 is 2.34 bits per heavy atom. The highest BCUT2D eigenvalue weighted by Gasteiger charge is 2.24. The van der Waals surface area contributed by atoms with Crippen LogP contribution < -0.4 is 10.2 Å². The summed E-state index contributed by atoms with van der Waals surface area (Å²) < 4.78 is 0. The van der Waals surface area contributed by atoms with Gasteiger partial charge in [0.15, 0.2) is 0 Å². The zero-order valence-corrected chi connectivity index (χ0v) is 16.7. The van der Waals surface area contributed by atoms with Gasteiger partial charge in [0.1, 0.15) is 0 Å². The van der Waals surface area contributed by atoms with E-state index in [1.54, 1.807) is 18.2 Å². The Labute approximate surface area is 173 Å². The predicted octanol–water partition coefficient (Wildman–Crippen LogP) is 3.56. The van der Waals surface area contributed by atoms with Gasteiger partial charge in [-0.2, -0.15) is 0 Å². The number of nitrogens with zero attached hydrogens (tertiary/aromatic N) is 3. The zero-order chi connectivity index (χ0) is 21.0. The van der Waals surface area contributed by atoms with Crippen LogP contribution in [0.5, 0.6) is 0 Å². The highest BCUT2D eigenvalue weighted by atomic mass is 35.5. The Morgan fingerprint density at radius 1 is 1.10 bits per heavy atom. The van der Waals surface area contributed by atoms with Crippen LogP contribution in [0.15, 0.2) is 42.5 Å². The molecule has 0 saturated carbocycles. The summed E-state index contributed by atoms with van der Waals surface area (Å²) in [6.07, 6.45) is 0.475. The average Bonchev–Trinajstić information content (AvgIpc) is 2.73. The van der Waals surface area contributed by atoms with Crippen molar-refractivity contribution in [2.45, 2.75) is 13.3 Å². The number of nitro groups is 1. The van der Waals surface area contributed by atoms with E-state index in [0.29, 0.717) is 54.6 Å². The molecule has 0 atom stereocenters. The van der Waals surface area contributed by atoms with Crippen molar-refractivity contribution >= 4 is 40.5 Å². The first-order valence-corrected chi connectivity index (χ1v) is 9.65. The number of hydrogen-bond acceptors (Lipinski definition) is 5. The second kappa shape index (κ2) is 8.91. The summed E-state index contributed by atoms with van der Waals surface area (Å²) in [6, 6.07) is 10.7. The molecule has 1 fully saturated rings. The van der Waals surface area contributed by atoms with Gasteiger partial charge in [-0.3, -0.25) is 19.7 Å². The number of carbonyl (C=O) groups is 2. The largest absolute Gasteiger partial charge is 0.365 e. The molecule has 0 bridgehead atoms. The fourth-order valence-electron chi connectivity index (χ4n) is 3.27. The minimum Gasteiger partial charge on any atom is -0.365 e. The van der Waals surface area contributed by atoms with E-state index in [2.05, 4.69) is 5.32 Å². The molecule has 1 heterocycles. The first-order valence-electron chi connectivity index (χ1n) is 9.27. The molecule has 8 nitrogen and oxygen atoms in total. The Bertz CT molecular complexity index is 925. The van der Waals surface area contributed by atoms with Crippen LogP contribution in [0.25, 0.3) is 0 Å². The van der Waals surface area contributed by atoms with E-state index >= 15 is 0 Å². The van der Waals surface area contributed by atoms with Crippen LogP contribution in [0, 0.1) is 10.1 Å². The van der Waals surface area contributed by atoms with E-state index in [9.17, 15) is 19.7 Å². The van der Waals surface area contributed by atoms with Crippen LogP contribution in [0.3, 0.4) is 0 Å². The fourth-order valence-corrected chi connectivity index (χ4v) is 3.56. The van der Waals surface area contributed by atoms with E-state index in [1.807, 2.05) is 16.7 Å².